The molecule has 2 aromatic carbocycles. The molecule has 2 aromatic rings. The Morgan fingerprint density at radius 3 is 2.62 bits per heavy atom. The van der Waals surface area contributed by atoms with Crippen molar-refractivity contribution in [2.45, 2.75) is 25.5 Å². The summed E-state index contributed by atoms with van der Waals surface area (Å²) in [4.78, 5) is 14.6. The lowest BCUT2D eigenvalue weighted by molar-refractivity contribution is -0.128. The van der Waals surface area contributed by atoms with E-state index < -0.39 is 0 Å². The summed E-state index contributed by atoms with van der Waals surface area (Å²) in [6.07, 6.45) is 5.46. The fraction of sp³-hybridized carbons (Fsp3) is 0.286. The molecule has 3 nitrogen and oxygen atoms in total. The topological polar surface area (TPSA) is 29.5 Å². The molecule has 3 rings (SSSR count). The van der Waals surface area contributed by atoms with Gasteiger partial charge in [0.05, 0.1) is 6.10 Å². The molecule has 1 saturated heterocycles. The second-order valence-corrected chi connectivity index (χ2v) is 7.18. The molecule has 0 aliphatic carbocycles. The van der Waals surface area contributed by atoms with Gasteiger partial charge in [0.25, 0.3) is 0 Å². The number of ether oxygens (including phenoxy) is 1. The van der Waals surface area contributed by atoms with Crippen LogP contribution in [-0.4, -0.2) is 30.1 Å². The van der Waals surface area contributed by atoms with Crippen LogP contribution in [0.25, 0.3) is 6.08 Å². The van der Waals surface area contributed by atoms with E-state index in [2.05, 4.69) is 0 Å². The zero-order valence-electron chi connectivity index (χ0n) is 14.4. The molecule has 136 valence electrons. The van der Waals surface area contributed by atoms with Gasteiger partial charge in [-0.25, -0.2) is 0 Å². The van der Waals surface area contributed by atoms with Crippen molar-refractivity contribution in [3.63, 3.8) is 0 Å². The summed E-state index contributed by atoms with van der Waals surface area (Å²) in [7, 11) is 0. The van der Waals surface area contributed by atoms with Crippen molar-refractivity contribution >= 4 is 35.2 Å². The van der Waals surface area contributed by atoms with E-state index >= 15 is 0 Å². The fourth-order valence-electron chi connectivity index (χ4n) is 2.95. The van der Waals surface area contributed by atoms with Gasteiger partial charge in [0.15, 0.2) is 0 Å². The summed E-state index contributed by atoms with van der Waals surface area (Å²) >= 11 is 12.1. The number of hydrogen-bond acceptors (Lipinski definition) is 2. The standard InChI is InChI=1S/C21H21Cl2NO2/c22-18-10-7-16(8-11-18)14-24(15-19-5-3-13-26-19)21(25)12-9-17-4-1-2-6-20(17)23/h1-2,4,6-12,19H,3,5,13-15H2/b12-9+. The minimum absolute atomic E-state index is 0.0598. The van der Waals surface area contributed by atoms with Gasteiger partial charge in [0, 0.05) is 35.8 Å². The highest BCUT2D eigenvalue weighted by atomic mass is 35.5. The number of carbonyl (C=O) groups excluding carboxylic acids is 1. The van der Waals surface area contributed by atoms with Gasteiger partial charge >= 0.3 is 0 Å². The van der Waals surface area contributed by atoms with Crippen LogP contribution < -0.4 is 0 Å². The lowest BCUT2D eigenvalue weighted by Crippen LogP contribution is -2.35. The van der Waals surface area contributed by atoms with E-state index in [0.717, 1.165) is 30.6 Å². The fourth-order valence-corrected chi connectivity index (χ4v) is 3.28. The average Bonchev–Trinajstić information content (AvgIpc) is 3.15. The highest BCUT2D eigenvalue weighted by molar-refractivity contribution is 6.32. The molecule has 0 spiro atoms. The molecule has 0 aromatic heterocycles. The molecule has 1 fully saturated rings. The molecule has 5 heteroatoms. The number of carbonyl (C=O) groups is 1. The maximum atomic E-state index is 12.8. The van der Waals surface area contributed by atoms with E-state index in [9.17, 15) is 4.79 Å². The highest BCUT2D eigenvalue weighted by Crippen LogP contribution is 2.19. The number of halogens is 2. The van der Waals surface area contributed by atoms with Crippen molar-refractivity contribution in [3.8, 4) is 0 Å². The van der Waals surface area contributed by atoms with E-state index in [4.69, 9.17) is 27.9 Å². The van der Waals surface area contributed by atoms with Gasteiger partial charge in [-0.2, -0.15) is 0 Å². The molecule has 0 radical (unpaired) electrons. The van der Waals surface area contributed by atoms with Crippen LogP contribution in [0.15, 0.2) is 54.6 Å². The Morgan fingerprint density at radius 2 is 1.92 bits per heavy atom. The van der Waals surface area contributed by atoms with Crippen molar-refractivity contribution < 1.29 is 9.53 Å². The third kappa shape index (κ3) is 5.34. The lowest BCUT2D eigenvalue weighted by Gasteiger charge is -2.24. The van der Waals surface area contributed by atoms with Gasteiger partial charge in [0.1, 0.15) is 0 Å². The quantitative estimate of drug-likeness (QED) is 0.634. The first-order valence-electron chi connectivity index (χ1n) is 8.69. The van der Waals surface area contributed by atoms with Crippen LogP contribution in [0.1, 0.15) is 24.0 Å². The van der Waals surface area contributed by atoms with E-state index in [1.807, 2.05) is 53.4 Å². The van der Waals surface area contributed by atoms with Crippen LogP contribution in [0.2, 0.25) is 10.0 Å². The minimum atomic E-state index is -0.0598. The molecule has 1 aliphatic heterocycles. The minimum Gasteiger partial charge on any atom is -0.376 e. The number of nitrogens with zero attached hydrogens (tertiary/aromatic N) is 1. The van der Waals surface area contributed by atoms with Gasteiger partial charge < -0.3 is 9.64 Å². The van der Waals surface area contributed by atoms with Crippen molar-refractivity contribution in [1.82, 2.24) is 4.90 Å². The van der Waals surface area contributed by atoms with Crippen LogP contribution in [0, 0.1) is 0 Å². The van der Waals surface area contributed by atoms with Gasteiger partial charge in [-0.3, -0.25) is 4.79 Å². The normalized spacial score (nSPS) is 16.9. The number of amides is 1. The molecule has 1 amide bonds. The Labute approximate surface area is 164 Å². The number of benzene rings is 2. The second-order valence-electron chi connectivity index (χ2n) is 6.34. The summed E-state index contributed by atoms with van der Waals surface area (Å²) < 4.78 is 5.71. The third-order valence-corrected chi connectivity index (χ3v) is 4.95. The van der Waals surface area contributed by atoms with Crippen molar-refractivity contribution in [1.29, 1.82) is 0 Å². The van der Waals surface area contributed by atoms with Crippen LogP contribution in [-0.2, 0) is 16.1 Å². The van der Waals surface area contributed by atoms with Crippen molar-refractivity contribution in [2.24, 2.45) is 0 Å². The molecule has 1 aliphatic rings. The van der Waals surface area contributed by atoms with Crippen molar-refractivity contribution in [2.75, 3.05) is 13.2 Å². The molecular weight excluding hydrogens is 369 g/mol. The van der Waals surface area contributed by atoms with Gasteiger partial charge in [0.2, 0.25) is 5.91 Å². The van der Waals surface area contributed by atoms with Crippen molar-refractivity contribution in [3.05, 3.63) is 75.8 Å². The number of hydrogen-bond donors (Lipinski definition) is 0. The molecule has 1 heterocycles. The van der Waals surface area contributed by atoms with E-state index in [-0.39, 0.29) is 12.0 Å². The molecule has 0 N–H and O–H groups in total. The average molecular weight is 390 g/mol. The van der Waals surface area contributed by atoms with Gasteiger partial charge in [-0.1, -0.05) is 53.5 Å². The third-order valence-electron chi connectivity index (χ3n) is 4.36. The Kier molecular flexibility index (Phi) is 6.73. The Bertz CT molecular complexity index is 768. The molecule has 1 unspecified atom stereocenters. The zero-order valence-corrected chi connectivity index (χ0v) is 15.9. The second kappa shape index (κ2) is 9.22. The Balaban J connectivity index is 1.73. The number of rotatable bonds is 6. The maximum absolute atomic E-state index is 12.8. The summed E-state index contributed by atoms with van der Waals surface area (Å²) in [5, 5.41) is 1.31. The maximum Gasteiger partial charge on any atom is 0.246 e. The molecule has 26 heavy (non-hydrogen) atoms. The first-order chi connectivity index (χ1) is 12.6. The lowest BCUT2D eigenvalue weighted by atomic mass is 10.1. The predicted molar refractivity (Wildman–Crippen MR) is 106 cm³/mol. The smallest absolute Gasteiger partial charge is 0.246 e. The highest BCUT2D eigenvalue weighted by Gasteiger charge is 2.21. The SMILES string of the molecule is O=C(/C=C/c1ccccc1Cl)N(Cc1ccc(Cl)cc1)CC1CCCO1. The van der Waals surface area contributed by atoms with E-state index in [1.54, 1.807) is 12.2 Å². The monoisotopic (exact) mass is 389 g/mol. The first-order valence-corrected chi connectivity index (χ1v) is 9.45. The Hall–Kier alpha value is -1.81. The van der Waals surface area contributed by atoms with E-state index in [1.165, 1.54) is 0 Å². The van der Waals surface area contributed by atoms with Crippen LogP contribution in [0.5, 0.6) is 0 Å². The van der Waals surface area contributed by atoms with Gasteiger partial charge in [-0.15, -0.1) is 0 Å². The van der Waals surface area contributed by atoms with Crippen LogP contribution in [0.4, 0.5) is 0 Å². The zero-order chi connectivity index (χ0) is 18.4. The largest absolute Gasteiger partial charge is 0.376 e. The van der Waals surface area contributed by atoms with E-state index in [0.29, 0.717) is 23.1 Å². The summed E-state index contributed by atoms with van der Waals surface area (Å²) in [6.45, 7) is 1.86. The summed E-state index contributed by atoms with van der Waals surface area (Å²) in [6, 6.07) is 15.0. The summed E-state index contributed by atoms with van der Waals surface area (Å²) in [5.41, 5.74) is 1.86. The summed E-state index contributed by atoms with van der Waals surface area (Å²) in [5.74, 6) is -0.0598. The molecule has 0 saturated carbocycles. The molecule has 1 atom stereocenters. The molecular formula is C21H21Cl2NO2. The first kappa shape index (κ1) is 19.0. The Morgan fingerprint density at radius 1 is 1.15 bits per heavy atom. The molecule has 0 bridgehead atoms. The van der Waals surface area contributed by atoms with Crippen LogP contribution >= 0.6 is 23.2 Å². The predicted octanol–water partition coefficient (Wildman–Crippen LogP) is 5.21. The van der Waals surface area contributed by atoms with Crippen LogP contribution in [0.3, 0.4) is 0 Å². The van der Waals surface area contributed by atoms with Gasteiger partial charge in [-0.05, 0) is 48.2 Å².